The van der Waals surface area contributed by atoms with Crippen LogP contribution in [0.25, 0.3) is 0 Å². The Bertz CT molecular complexity index is 860. The Kier molecular flexibility index (Phi) is 9.04. The molecule has 2 aromatic carbocycles. The highest BCUT2D eigenvalue weighted by atomic mass is 32.2. The SMILES string of the molecule is Cc1ccc(S(=O)(=O)N[C@H](CCCCC#N)CC[S+](C)c2ccccc2)cc1. The third kappa shape index (κ3) is 7.31. The Morgan fingerprint density at radius 3 is 2.36 bits per heavy atom. The summed E-state index contributed by atoms with van der Waals surface area (Å²) in [6.45, 7) is 1.94. The van der Waals surface area contributed by atoms with Crippen molar-refractivity contribution in [3.8, 4) is 6.07 Å². The Hall–Kier alpha value is -1.81. The number of rotatable bonds is 11. The third-order valence-corrected chi connectivity index (χ3v) is 8.12. The van der Waals surface area contributed by atoms with Crippen molar-refractivity contribution in [2.75, 3.05) is 12.0 Å². The van der Waals surface area contributed by atoms with Gasteiger partial charge in [0, 0.05) is 29.8 Å². The van der Waals surface area contributed by atoms with E-state index in [1.807, 2.05) is 37.3 Å². The van der Waals surface area contributed by atoms with Crippen molar-refractivity contribution in [1.29, 1.82) is 5.26 Å². The van der Waals surface area contributed by atoms with Gasteiger partial charge in [-0.15, -0.1) is 0 Å². The maximum Gasteiger partial charge on any atom is 0.240 e. The number of nitrogens with zero attached hydrogens (tertiary/aromatic N) is 1. The quantitative estimate of drug-likeness (QED) is 0.434. The molecule has 28 heavy (non-hydrogen) atoms. The molecule has 2 rings (SSSR count). The summed E-state index contributed by atoms with van der Waals surface area (Å²) in [4.78, 5) is 1.60. The standard InChI is InChI=1S/C22H29N2O2S2/c1-19-12-14-22(15-13-19)28(25,26)24-20(9-5-4-8-17-23)16-18-27(2)21-10-6-3-7-11-21/h3,6-7,10-15,20,24H,4-5,8-9,16,18H2,1-2H3/q+1/t20-,27?/m1/s1. The molecule has 6 heteroatoms. The summed E-state index contributed by atoms with van der Waals surface area (Å²) < 4.78 is 28.5. The first-order valence-electron chi connectivity index (χ1n) is 9.56. The molecule has 0 fully saturated rings. The lowest BCUT2D eigenvalue weighted by Crippen LogP contribution is -2.36. The number of nitrogens with one attached hydrogen (secondary N) is 1. The van der Waals surface area contributed by atoms with Gasteiger partial charge in [-0.2, -0.15) is 5.26 Å². The topological polar surface area (TPSA) is 70.0 Å². The minimum Gasteiger partial charge on any atom is -0.208 e. The molecule has 0 aliphatic carbocycles. The third-order valence-electron chi connectivity index (χ3n) is 4.66. The van der Waals surface area contributed by atoms with Gasteiger partial charge in [-0.1, -0.05) is 42.3 Å². The van der Waals surface area contributed by atoms with Crippen LogP contribution in [0.2, 0.25) is 0 Å². The summed E-state index contributed by atoms with van der Waals surface area (Å²) in [5.41, 5.74) is 1.03. The van der Waals surface area contributed by atoms with Gasteiger partial charge in [-0.3, -0.25) is 0 Å². The highest BCUT2D eigenvalue weighted by Gasteiger charge is 2.23. The highest BCUT2D eigenvalue weighted by molar-refractivity contribution is 7.96. The van der Waals surface area contributed by atoms with Crippen LogP contribution < -0.4 is 4.72 Å². The van der Waals surface area contributed by atoms with Gasteiger partial charge >= 0.3 is 0 Å². The van der Waals surface area contributed by atoms with Crippen LogP contribution in [0, 0.1) is 18.3 Å². The molecule has 0 aromatic heterocycles. The number of nitriles is 1. The van der Waals surface area contributed by atoms with E-state index in [1.54, 1.807) is 12.1 Å². The van der Waals surface area contributed by atoms with E-state index in [4.69, 9.17) is 5.26 Å². The second-order valence-electron chi connectivity index (χ2n) is 6.98. The number of aryl methyl sites for hydroxylation is 1. The molecule has 0 radical (unpaired) electrons. The fourth-order valence-electron chi connectivity index (χ4n) is 2.95. The smallest absolute Gasteiger partial charge is 0.208 e. The van der Waals surface area contributed by atoms with Crippen LogP contribution in [0.15, 0.2) is 64.4 Å². The summed E-state index contributed by atoms with van der Waals surface area (Å²) in [5, 5.41) is 8.73. The first-order chi connectivity index (χ1) is 13.4. The molecule has 0 saturated carbocycles. The minimum atomic E-state index is -3.54. The molecule has 4 nitrogen and oxygen atoms in total. The maximum absolute atomic E-state index is 12.8. The maximum atomic E-state index is 12.8. The van der Waals surface area contributed by atoms with Gasteiger partial charge in [0.05, 0.1) is 11.0 Å². The lowest BCUT2D eigenvalue weighted by Gasteiger charge is -2.18. The Morgan fingerprint density at radius 1 is 1.04 bits per heavy atom. The van der Waals surface area contributed by atoms with Crippen LogP contribution in [0.3, 0.4) is 0 Å². The molecular weight excluding hydrogens is 388 g/mol. The zero-order valence-corrected chi connectivity index (χ0v) is 18.2. The normalized spacial score (nSPS) is 13.6. The summed E-state index contributed by atoms with van der Waals surface area (Å²) >= 11 is 0. The van der Waals surface area contributed by atoms with Crippen molar-refractivity contribution in [2.24, 2.45) is 0 Å². The van der Waals surface area contributed by atoms with E-state index in [1.165, 1.54) is 4.90 Å². The van der Waals surface area contributed by atoms with Crippen LogP contribution in [0.4, 0.5) is 0 Å². The van der Waals surface area contributed by atoms with Crippen LogP contribution in [-0.4, -0.2) is 26.5 Å². The van der Waals surface area contributed by atoms with Crippen molar-refractivity contribution in [2.45, 2.75) is 54.9 Å². The predicted octanol–water partition coefficient (Wildman–Crippen LogP) is 4.42. The Labute approximate surface area is 172 Å². The van der Waals surface area contributed by atoms with Crippen molar-refractivity contribution in [3.63, 3.8) is 0 Å². The first kappa shape index (κ1) is 22.5. The summed E-state index contributed by atoms with van der Waals surface area (Å²) in [5.74, 6) is 0.934. The molecule has 0 aliphatic heterocycles. The molecule has 0 spiro atoms. The van der Waals surface area contributed by atoms with Gasteiger partial charge in [0.25, 0.3) is 0 Å². The predicted molar refractivity (Wildman–Crippen MR) is 117 cm³/mol. The van der Waals surface area contributed by atoms with E-state index in [0.29, 0.717) is 11.3 Å². The van der Waals surface area contributed by atoms with E-state index in [2.05, 4.69) is 29.2 Å². The Balaban J connectivity index is 2.03. The van der Waals surface area contributed by atoms with Gasteiger partial charge in [0.15, 0.2) is 4.90 Å². The number of hydrogen-bond donors (Lipinski definition) is 1. The number of benzene rings is 2. The molecule has 1 unspecified atom stereocenters. The number of hydrogen-bond acceptors (Lipinski definition) is 3. The molecule has 2 aromatic rings. The minimum absolute atomic E-state index is 0.0739. The summed E-state index contributed by atoms with van der Waals surface area (Å²) in [6.07, 6.45) is 5.90. The zero-order valence-electron chi connectivity index (χ0n) is 16.6. The van der Waals surface area contributed by atoms with Gasteiger partial charge in [0.2, 0.25) is 10.0 Å². The van der Waals surface area contributed by atoms with Crippen molar-refractivity contribution in [3.05, 3.63) is 60.2 Å². The van der Waals surface area contributed by atoms with Crippen LogP contribution >= 0.6 is 0 Å². The van der Waals surface area contributed by atoms with E-state index >= 15 is 0 Å². The van der Waals surface area contributed by atoms with Gasteiger partial charge in [-0.25, -0.2) is 13.1 Å². The van der Waals surface area contributed by atoms with Crippen molar-refractivity contribution < 1.29 is 8.42 Å². The van der Waals surface area contributed by atoms with Gasteiger partial charge in [-0.05, 0) is 44.0 Å². The monoisotopic (exact) mass is 417 g/mol. The average Bonchev–Trinajstić information content (AvgIpc) is 2.69. The fraction of sp³-hybridized carbons (Fsp3) is 0.409. The fourth-order valence-corrected chi connectivity index (χ4v) is 5.75. The van der Waals surface area contributed by atoms with Crippen LogP contribution in [-0.2, 0) is 20.9 Å². The van der Waals surface area contributed by atoms with E-state index in [0.717, 1.165) is 37.0 Å². The van der Waals surface area contributed by atoms with Gasteiger partial charge < -0.3 is 0 Å². The van der Waals surface area contributed by atoms with Crippen LogP contribution in [0.5, 0.6) is 0 Å². The lowest BCUT2D eigenvalue weighted by atomic mass is 10.1. The molecule has 1 N–H and O–H groups in total. The highest BCUT2D eigenvalue weighted by Crippen LogP contribution is 2.17. The van der Waals surface area contributed by atoms with Crippen molar-refractivity contribution >= 4 is 20.9 Å². The number of unbranched alkanes of at least 4 members (excludes halogenated alkanes) is 2. The van der Waals surface area contributed by atoms with E-state index in [-0.39, 0.29) is 16.9 Å². The van der Waals surface area contributed by atoms with Crippen molar-refractivity contribution in [1.82, 2.24) is 4.72 Å². The average molecular weight is 418 g/mol. The molecule has 0 saturated heterocycles. The molecule has 0 heterocycles. The zero-order chi connectivity index (χ0) is 20.4. The lowest BCUT2D eigenvalue weighted by molar-refractivity contribution is 0.499. The molecule has 0 aliphatic rings. The molecule has 2 atom stereocenters. The molecule has 150 valence electrons. The largest absolute Gasteiger partial charge is 0.240 e. The summed E-state index contributed by atoms with van der Waals surface area (Å²) in [7, 11) is -3.47. The molecule has 0 amide bonds. The van der Waals surface area contributed by atoms with E-state index in [9.17, 15) is 8.42 Å². The van der Waals surface area contributed by atoms with Gasteiger partial charge in [0.1, 0.15) is 12.0 Å². The molecular formula is C22H29N2O2S2+. The summed E-state index contributed by atoms with van der Waals surface area (Å²) in [6, 6.07) is 19.3. The number of sulfonamides is 1. The second-order valence-corrected chi connectivity index (χ2v) is 10.8. The second kappa shape index (κ2) is 11.3. The first-order valence-corrected chi connectivity index (χ1v) is 12.8. The van der Waals surface area contributed by atoms with E-state index < -0.39 is 10.0 Å². The molecule has 0 bridgehead atoms. The Morgan fingerprint density at radius 2 is 1.71 bits per heavy atom. The van der Waals surface area contributed by atoms with Crippen LogP contribution in [0.1, 0.15) is 37.7 Å².